The van der Waals surface area contributed by atoms with Crippen LogP contribution in [0.15, 0.2) is 66.7 Å². The topological polar surface area (TPSA) is 48.5 Å². The van der Waals surface area contributed by atoms with Crippen LogP contribution in [0.4, 0.5) is 5.69 Å². The Morgan fingerprint density at radius 2 is 1.58 bits per heavy atom. The molecule has 7 heteroatoms. The maximum absolute atomic E-state index is 12.9. The highest BCUT2D eigenvalue weighted by Crippen LogP contribution is 2.48. The predicted molar refractivity (Wildman–Crippen MR) is 172 cm³/mol. The van der Waals surface area contributed by atoms with E-state index in [0.29, 0.717) is 5.92 Å². The number of benzene rings is 3. The van der Waals surface area contributed by atoms with Crippen molar-refractivity contribution in [1.29, 1.82) is 0 Å². The number of likely N-dealkylation sites (N-methyl/N-ethyl adjacent to an activating group) is 1. The van der Waals surface area contributed by atoms with Gasteiger partial charge >= 0.3 is 0 Å². The van der Waals surface area contributed by atoms with Crippen LogP contribution < -0.4 is 14.4 Å². The van der Waals surface area contributed by atoms with Crippen LogP contribution in [0.3, 0.4) is 0 Å². The number of rotatable bonds is 10. The highest BCUT2D eigenvalue weighted by molar-refractivity contribution is 5.70. The minimum atomic E-state index is -0.271. The molecular weight excluding hydrogens is 536 g/mol. The number of hydrogen-bond acceptors (Lipinski definition) is 7. The van der Waals surface area contributed by atoms with Gasteiger partial charge in [0.2, 0.25) is 0 Å². The molecule has 2 saturated heterocycles. The molecule has 3 aromatic rings. The highest BCUT2D eigenvalue weighted by atomic mass is 16.5. The van der Waals surface area contributed by atoms with Crippen LogP contribution in [0, 0.1) is 5.92 Å². The summed E-state index contributed by atoms with van der Waals surface area (Å²) in [6, 6.07) is 23.5. The fourth-order valence-corrected chi connectivity index (χ4v) is 7.56. The number of aldehydes is 1. The lowest BCUT2D eigenvalue weighted by Crippen LogP contribution is -2.46. The minimum Gasteiger partial charge on any atom is -0.493 e. The molecule has 0 radical (unpaired) electrons. The number of likely N-dealkylation sites (tertiary alicyclic amines) is 1. The van der Waals surface area contributed by atoms with E-state index < -0.39 is 0 Å². The summed E-state index contributed by atoms with van der Waals surface area (Å²) in [6.07, 6.45) is 3.33. The van der Waals surface area contributed by atoms with Crippen molar-refractivity contribution in [1.82, 2.24) is 14.7 Å². The maximum Gasteiger partial charge on any atom is 0.161 e. The van der Waals surface area contributed by atoms with Crippen LogP contribution in [0.2, 0.25) is 0 Å². The van der Waals surface area contributed by atoms with Crippen LogP contribution in [0.5, 0.6) is 11.5 Å². The average Bonchev–Trinajstić information content (AvgIpc) is 3.44. The second-order valence-corrected chi connectivity index (χ2v) is 12.2. The van der Waals surface area contributed by atoms with Gasteiger partial charge in [-0.15, -0.1) is 0 Å². The molecule has 0 bridgehead atoms. The Kier molecular flexibility index (Phi) is 9.31. The molecule has 0 spiro atoms. The first kappa shape index (κ1) is 29.7. The van der Waals surface area contributed by atoms with Crippen molar-refractivity contribution in [2.24, 2.45) is 5.92 Å². The van der Waals surface area contributed by atoms with Crippen molar-refractivity contribution < 1.29 is 14.3 Å². The number of piperazine rings is 1. The van der Waals surface area contributed by atoms with Crippen LogP contribution in [0.1, 0.15) is 54.1 Å². The van der Waals surface area contributed by atoms with Gasteiger partial charge in [-0.2, -0.15) is 0 Å². The van der Waals surface area contributed by atoms with Gasteiger partial charge in [-0.3, -0.25) is 9.80 Å². The second-order valence-electron chi connectivity index (χ2n) is 12.2. The number of fused-ring (bicyclic) bond motifs is 1. The van der Waals surface area contributed by atoms with Crippen LogP contribution in [-0.4, -0.2) is 81.0 Å². The Bertz CT molecular complexity index is 1370. The molecule has 2 atom stereocenters. The number of nitrogens with zero attached hydrogens (tertiary/aromatic N) is 4. The lowest BCUT2D eigenvalue weighted by molar-refractivity contribution is -0.114. The quantitative estimate of drug-likeness (QED) is 0.290. The Hall–Kier alpha value is -3.39. The Morgan fingerprint density at radius 1 is 0.837 bits per heavy atom. The summed E-state index contributed by atoms with van der Waals surface area (Å²) in [5.41, 5.74) is 6.33. The predicted octanol–water partition coefficient (Wildman–Crippen LogP) is 5.55. The van der Waals surface area contributed by atoms with E-state index in [9.17, 15) is 4.79 Å². The third-order valence-electron chi connectivity index (χ3n) is 9.93. The van der Waals surface area contributed by atoms with Gasteiger partial charge in [-0.25, -0.2) is 0 Å². The molecule has 43 heavy (non-hydrogen) atoms. The first-order chi connectivity index (χ1) is 21.1. The van der Waals surface area contributed by atoms with Crippen molar-refractivity contribution in [2.75, 3.05) is 64.9 Å². The number of ether oxygens (including phenoxy) is 2. The summed E-state index contributed by atoms with van der Waals surface area (Å²) >= 11 is 0. The van der Waals surface area contributed by atoms with E-state index in [2.05, 4.69) is 87.2 Å². The standard InChI is InChI=1S/C36H46N4O3/c1-4-37-19-21-39(22-20-37)32-12-8-11-30-31(32)25-40(33(30)26-41)36(29-13-14-34(42-2)35(23-29)43-3)28-15-17-38(18-16-28)24-27-9-6-5-7-10-27/h5-14,23,26,28,33,36H,4,15-22,24-25H2,1-3H3. The molecule has 3 aliphatic heterocycles. The van der Waals surface area contributed by atoms with E-state index in [1.807, 2.05) is 6.07 Å². The normalized spacial score (nSPS) is 21.0. The van der Waals surface area contributed by atoms with Gasteiger partial charge in [0.1, 0.15) is 6.29 Å². The Labute approximate surface area is 257 Å². The third kappa shape index (κ3) is 6.17. The Morgan fingerprint density at radius 3 is 2.26 bits per heavy atom. The number of methoxy groups -OCH3 is 2. The molecule has 3 aromatic carbocycles. The van der Waals surface area contributed by atoms with E-state index in [1.54, 1.807) is 14.2 Å². The zero-order chi connectivity index (χ0) is 29.8. The summed E-state index contributed by atoms with van der Waals surface area (Å²) < 4.78 is 11.4. The molecular formula is C36H46N4O3. The van der Waals surface area contributed by atoms with Crippen LogP contribution in [0.25, 0.3) is 0 Å². The van der Waals surface area contributed by atoms with Crippen molar-refractivity contribution in [3.05, 3.63) is 89.0 Å². The lowest BCUT2D eigenvalue weighted by atomic mass is 9.83. The monoisotopic (exact) mass is 582 g/mol. The third-order valence-corrected chi connectivity index (χ3v) is 9.93. The molecule has 0 aliphatic carbocycles. The van der Waals surface area contributed by atoms with Crippen molar-refractivity contribution in [3.63, 3.8) is 0 Å². The molecule has 6 rings (SSSR count). The molecule has 2 unspecified atom stereocenters. The molecule has 0 amide bonds. The molecule has 0 saturated carbocycles. The van der Waals surface area contributed by atoms with Gasteiger partial charge in [-0.1, -0.05) is 55.5 Å². The molecule has 0 aromatic heterocycles. The van der Waals surface area contributed by atoms with Gasteiger partial charge in [0, 0.05) is 51.0 Å². The SMILES string of the molecule is CCN1CCN(c2cccc3c2CN(C(c2ccc(OC)c(OC)c2)C2CCN(Cc4ccccc4)CC2)C3C=O)CC1. The summed E-state index contributed by atoms with van der Waals surface area (Å²) in [7, 11) is 3.38. The van der Waals surface area contributed by atoms with Crippen molar-refractivity contribution >= 4 is 12.0 Å². The number of carbonyl (C=O) groups is 1. The first-order valence-corrected chi connectivity index (χ1v) is 15.9. The largest absolute Gasteiger partial charge is 0.493 e. The van der Waals surface area contributed by atoms with E-state index in [4.69, 9.17) is 9.47 Å². The van der Waals surface area contributed by atoms with E-state index in [1.165, 1.54) is 28.7 Å². The molecule has 0 N–H and O–H groups in total. The van der Waals surface area contributed by atoms with Crippen molar-refractivity contribution in [2.45, 2.75) is 44.9 Å². The van der Waals surface area contributed by atoms with Gasteiger partial charge in [-0.05, 0) is 78.8 Å². The van der Waals surface area contributed by atoms with Crippen LogP contribution in [-0.2, 0) is 17.9 Å². The zero-order valence-electron chi connectivity index (χ0n) is 26.0. The van der Waals surface area contributed by atoms with Gasteiger partial charge in [0.15, 0.2) is 11.5 Å². The summed E-state index contributed by atoms with van der Waals surface area (Å²) in [5, 5.41) is 0. The molecule has 3 aliphatic rings. The average molecular weight is 583 g/mol. The van der Waals surface area contributed by atoms with E-state index in [0.717, 1.165) is 88.8 Å². The fourth-order valence-electron chi connectivity index (χ4n) is 7.56. The van der Waals surface area contributed by atoms with Gasteiger partial charge < -0.3 is 24.1 Å². The lowest BCUT2D eigenvalue weighted by Gasteiger charge is -2.41. The molecule has 228 valence electrons. The number of piperidine rings is 1. The fraction of sp³-hybridized carbons (Fsp3) is 0.472. The minimum absolute atomic E-state index is 0.0890. The maximum atomic E-state index is 12.9. The van der Waals surface area contributed by atoms with Gasteiger partial charge in [0.05, 0.1) is 20.3 Å². The number of carbonyl (C=O) groups excluding carboxylic acids is 1. The number of anilines is 1. The summed E-state index contributed by atoms with van der Waals surface area (Å²) in [5.74, 6) is 1.88. The summed E-state index contributed by atoms with van der Waals surface area (Å²) in [4.78, 5) is 23.0. The van der Waals surface area contributed by atoms with Gasteiger partial charge in [0.25, 0.3) is 0 Å². The van der Waals surface area contributed by atoms with E-state index in [-0.39, 0.29) is 12.1 Å². The zero-order valence-corrected chi connectivity index (χ0v) is 26.0. The van der Waals surface area contributed by atoms with Crippen LogP contribution >= 0.6 is 0 Å². The molecule has 3 heterocycles. The highest BCUT2D eigenvalue weighted by Gasteiger charge is 2.41. The Balaban J connectivity index is 1.30. The molecule has 2 fully saturated rings. The first-order valence-electron chi connectivity index (χ1n) is 15.9. The second kappa shape index (κ2) is 13.5. The van der Waals surface area contributed by atoms with E-state index >= 15 is 0 Å². The smallest absolute Gasteiger partial charge is 0.161 e. The van der Waals surface area contributed by atoms with Crippen molar-refractivity contribution in [3.8, 4) is 11.5 Å². The summed E-state index contributed by atoms with van der Waals surface area (Å²) in [6.45, 7) is 11.4. The number of hydrogen-bond donors (Lipinski definition) is 0. The molecule has 7 nitrogen and oxygen atoms in total.